The standard InChI is InChI=1S/C10H6BrCl2NO2/c11-5-1-7(12)10(8(13)2-5)14-4-6(15)3-9(14)16/h1-2H,3-4H2. The Morgan fingerprint density at radius 1 is 1.19 bits per heavy atom. The van der Waals surface area contributed by atoms with Crippen molar-refractivity contribution < 1.29 is 9.59 Å². The first-order valence-corrected chi connectivity index (χ1v) is 6.00. The van der Waals surface area contributed by atoms with Crippen molar-refractivity contribution in [2.75, 3.05) is 11.4 Å². The van der Waals surface area contributed by atoms with Crippen molar-refractivity contribution in [2.45, 2.75) is 6.42 Å². The molecule has 16 heavy (non-hydrogen) atoms. The molecule has 0 saturated carbocycles. The first-order chi connectivity index (χ1) is 7.49. The van der Waals surface area contributed by atoms with E-state index in [1.807, 2.05) is 0 Å². The molecule has 84 valence electrons. The van der Waals surface area contributed by atoms with Crippen molar-refractivity contribution in [3.05, 3.63) is 26.7 Å². The summed E-state index contributed by atoms with van der Waals surface area (Å²) in [7, 11) is 0. The first-order valence-electron chi connectivity index (χ1n) is 4.45. The molecule has 1 aromatic carbocycles. The van der Waals surface area contributed by atoms with Crippen LogP contribution in [-0.4, -0.2) is 18.2 Å². The van der Waals surface area contributed by atoms with Gasteiger partial charge in [0.15, 0.2) is 5.78 Å². The van der Waals surface area contributed by atoms with Gasteiger partial charge in [-0.2, -0.15) is 0 Å². The summed E-state index contributed by atoms with van der Waals surface area (Å²) in [5.74, 6) is -0.392. The Kier molecular flexibility index (Phi) is 3.24. The van der Waals surface area contributed by atoms with Crippen molar-refractivity contribution in [2.24, 2.45) is 0 Å². The topological polar surface area (TPSA) is 37.4 Å². The van der Waals surface area contributed by atoms with Gasteiger partial charge in [0, 0.05) is 4.47 Å². The van der Waals surface area contributed by atoms with Gasteiger partial charge in [0.25, 0.3) is 0 Å². The average molecular weight is 323 g/mol. The van der Waals surface area contributed by atoms with E-state index in [1.54, 1.807) is 12.1 Å². The number of carbonyl (C=O) groups is 2. The van der Waals surface area contributed by atoms with E-state index in [0.717, 1.165) is 4.47 Å². The van der Waals surface area contributed by atoms with Crippen LogP contribution in [0.4, 0.5) is 5.69 Å². The highest BCUT2D eigenvalue weighted by Crippen LogP contribution is 2.38. The molecule has 1 amide bonds. The van der Waals surface area contributed by atoms with Crippen molar-refractivity contribution in [1.82, 2.24) is 0 Å². The number of halogens is 3. The molecule has 1 aromatic rings. The Bertz CT molecular complexity index is 467. The lowest BCUT2D eigenvalue weighted by atomic mass is 10.3. The average Bonchev–Trinajstić information content (AvgIpc) is 2.43. The van der Waals surface area contributed by atoms with E-state index in [9.17, 15) is 9.59 Å². The van der Waals surface area contributed by atoms with Crippen molar-refractivity contribution in [3.63, 3.8) is 0 Å². The third-order valence-electron chi connectivity index (χ3n) is 2.24. The lowest BCUT2D eigenvalue weighted by Crippen LogP contribution is -2.25. The highest BCUT2D eigenvalue weighted by Gasteiger charge is 2.31. The summed E-state index contributed by atoms with van der Waals surface area (Å²) in [5, 5.41) is 0.699. The maximum Gasteiger partial charge on any atom is 0.235 e. The second-order valence-corrected chi connectivity index (χ2v) is 5.14. The van der Waals surface area contributed by atoms with Crippen LogP contribution in [0.1, 0.15) is 6.42 Å². The number of hydrogen-bond donors (Lipinski definition) is 0. The lowest BCUT2D eigenvalue weighted by Gasteiger charge is -2.18. The zero-order chi connectivity index (χ0) is 11.9. The van der Waals surface area contributed by atoms with Gasteiger partial charge < -0.3 is 4.90 Å². The number of benzene rings is 1. The molecule has 1 saturated heterocycles. The van der Waals surface area contributed by atoms with E-state index in [0.29, 0.717) is 15.7 Å². The van der Waals surface area contributed by atoms with Crippen LogP contribution in [0.25, 0.3) is 0 Å². The zero-order valence-electron chi connectivity index (χ0n) is 7.97. The molecule has 1 aliphatic rings. The second-order valence-electron chi connectivity index (χ2n) is 3.41. The summed E-state index contributed by atoms with van der Waals surface area (Å²) in [6, 6.07) is 3.28. The molecular formula is C10H6BrCl2NO2. The molecule has 0 radical (unpaired) electrons. The predicted octanol–water partition coefficient (Wildman–Crippen LogP) is 3.06. The zero-order valence-corrected chi connectivity index (χ0v) is 11.1. The van der Waals surface area contributed by atoms with Gasteiger partial charge in [0.1, 0.15) is 0 Å². The van der Waals surface area contributed by atoms with Crippen LogP contribution in [0.2, 0.25) is 10.0 Å². The van der Waals surface area contributed by atoms with Gasteiger partial charge in [-0.15, -0.1) is 0 Å². The van der Waals surface area contributed by atoms with Crippen LogP contribution >= 0.6 is 39.1 Å². The summed E-state index contributed by atoms with van der Waals surface area (Å²) < 4.78 is 0.726. The van der Waals surface area contributed by atoms with E-state index >= 15 is 0 Å². The maximum atomic E-state index is 11.6. The quantitative estimate of drug-likeness (QED) is 0.745. The Morgan fingerprint density at radius 2 is 1.75 bits per heavy atom. The first kappa shape index (κ1) is 11.9. The molecule has 0 N–H and O–H groups in total. The molecule has 0 unspecified atom stereocenters. The Balaban J connectivity index is 2.48. The minimum Gasteiger partial charge on any atom is -0.302 e. The molecule has 2 rings (SSSR count). The Morgan fingerprint density at radius 3 is 2.19 bits per heavy atom. The number of anilines is 1. The molecule has 0 bridgehead atoms. The molecular weight excluding hydrogens is 317 g/mol. The van der Waals surface area contributed by atoms with E-state index in [2.05, 4.69) is 15.9 Å². The minimum atomic E-state index is -0.267. The summed E-state index contributed by atoms with van der Waals surface area (Å²) in [5.41, 5.74) is 0.405. The van der Waals surface area contributed by atoms with Crippen LogP contribution in [0.3, 0.4) is 0 Å². The van der Waals surface area contributed by atoms with Gasteiger partial charge in [-0.3, -0.25) is 9.59 Å². The summed E-state index contributed by atoms with van der Waals surface area (Å²) >= 11 is 15.3. The van der Waals surface area contributed by atoms with Crippen molar-refractivity contribution in [1.29, 1.82) is 0 Å². The molecule has 0 aliphatic carbocycles. The summed E-state index contributed by atoms with van der Waals surface area (Å²) in [4.78, 5) is 24.0. The Labute approximate surface area is 110 Å². The smallest absolute Gasteiger partial charge is 0.235 e. The summed E-state index contributed by atoms with van der Waals surface area (Å²) in [6.07, 6.45) is -0.0806. The molecule has 3 nitrogen and oxygen atoms in total. The molecule has 0 spiro atoms. The molecule has 0 aromatic heterocycles. The van der Waals surface area contributed by atoms with Crippen molar-refractivity contribution >= 4 is 56.5 Å². The van der Waals surface area contributed by atoms with Gasteiger partial charge in [-0.05, 0) is 12.1 Å². The number of rotatable bonds is 1. The number of nitrogens with zero attached hydrogens (tertiary/aromatic N) is 1. The predicted molar refractivity (Wildman–Crippen MR) is 66.1 cm³/mol. The van der Waals surface area contributed by atoms with Gasteiger partial charge in [0.2, 0.25) is 5.91 Å². The largest absolute Gasteiger partial charge is 0.302 e. The Hall–Kier alpha value is -0.580. The maximum absolute atomic E-state index is 11.6. The number of amides is 1. The molecule has 1 fully saturated rings. The lowest BCUT2D eigenvalue weighted by molar-refractivity contribution is -0.121. The number of hydrogen-bond acceptors (Lipinski definition) is 2. The van der Waals surface area contributed by atoms with Crippen LogP contribution in [-0.2, 0) is 9.59 Å². The van der Waals surface area contributed by atoms with Gasteiger partial charge in [0.05, 0.1) is 28.7 Å². The highest BCUT2D eigenvalue weighted by atomic mass is 79.9. The number of Topliss-reactive ketones (excluding diaryl/α,β-unsaturated/α-hetero) is 1. The van der Waals surface area contributed by atoms with E-state index in [-0.39, 0.29) is 24.7 Å². The normalized spacial score (nSPS) is 16.1. The van der Waals surface area contributed by atoms with Crippen LogP contribution in [0, 0.1) is 0 Å². The van der Waals surface area contributed by atoms with E-state index < -0.39 is 0 Å². The summed E-state index contributed by atoms with van der Waals surface area (Å²) in [6.45, 7) is 0.0416. The highest BCUT2D eigenvalue weighted by molar-refractivity contribution is 9.10. The molecule has 1 heterocycles. The third kappa shape index (κ3) is 2.10. The molecule has 6 heteroatoms. The van der Waals surface area contributed by atoms with Crippen molar-refractivity contribution in [3.8, 4) is 0 Å². The van der Waals surface area contributed by atoms with Gasteiger partial charge in [-0.25, -0.2) is 0 Å². The fourth-order valence-corrected chi connectivity index (χ4v) is 2.99. The van der Waals surface area contributed by atoms with E-state index in [1.165, 1.54) is 4.90 Å². The second kappa shape index (κ2) is 4.35. The SMILES string of the molecule is O=C1CC(=O)N(c2c(Cl)cc(Br)cc2Cl)C1. The van der Waals surface area contributed by atoms with E-state index in [4.69, 9.17) is 23.2 Å². The van der Waals surface area contributed by atoms with Crippen LogP contribution in [0.15, 0.2) is 16.6 Å². The van der Waals surface area contributed by atoms with Crippen LogP contribution < -0.4 is 4.90 Å². The number of ketones is 1. The van der Waals surface area contributed by atoms with Gasteiger partial charge >= 0.3 is 0 Å². The van der Waals surface area contributed by atoms with Crippen LogP contribution in [0.5, 0.6) is 0 Å². The minimum absolute atomic E-state index is 0.0416. The monoisotopic (exact) mass is 321 g/mol. The third-order valence-corrected chi connectivity index (χ3v) is 3.27. The number of carbonyl (C=O) groups excluding carboxylic acids is 2. The fourth-order valence-electron chi connectivity index (χ4n) is 1.58. The molecule has 1 aliphatic heterocycles. The van der Waals surface area contributed by atoms with Gasteiger partial charge in [-0.1, -0.05) is 39.1 Å². The molecule has 0 atom stereocenters. The fraction of sp³-hybridized carbons (Fsp3) is 0.200.